The lowest BCUT2D eigenvalue weighted by Crippen LogP contribution is -2.37. The third-order valence-electron chi connectivity index (χ3n) is 2.89. The SMILES string of the molecule is CN(C(=O)c1csc(Br)c1)C1CCS(=O)(=O)C1. The predicted octanol–water partition coefficient (Wildman–Crippen LogP) is 1.77. The first-order valence-corrected chi connectivity index (χ1v) is 8.60. The fourth-order valence-electron chi connectivity index (χ4n) is 1.87. The number of hydrogen-bond donors (Lipinski definition) is 0. The van der Waals surface area contributed by atoms with Crippen LogP contribution in [0, 0.1) is 0 Å². The number of carbonyl (C=O) groups excluding carboxylic acids is 1. The highest BCUT2D eigenvalue weighted by atomic mass is 79.9. The summed E-state index contributed by atoms with van der Waals surface area (Å²) in [6, 6.07) is 1.57. The highest BCUT2D eigenvalue weighted by Crippen LogP contribution is 2.24. The van der Waals surface area contributed by atoms with E-state index in [0.717, 1.165) is 3.79 Å². The summed E-state index contributed by atoms with van der Waals surface area (Å²) in [5.41, 5.74) is 0.605. The molecule has 1 unspecified atom stereocenters. The average molecular weight is 338 g/mol. The van der Waals surface area contributed by atoms with E-state index in [9.17, 15) is 13.2 Å². The lowest BCUT2D eigenvalue weighted by molar-refractivity contribution is 0.0748. The monoisotopic (exact) mass is 337 g/mol. The summed E-state index contributed by atoms with van der Waals surface area (Å²) < 4.78 is 23.6. The van der Waals surface area contributed by atoms with E-state index in [-0.39, 0.29) is 23.5 Å². The van der Waals surface area contributed by atoms with Crippen molar-refractivity contribution in [2.24, 2.45) is 0 Å². The Morgan fingerprint density at radius 2 is 2.29 bits per heavy atom. The van der Waals surface area contributed by atoms with E-state index in [1.807, 2.05) is 0 Å². The molecule has 1 amide bonds. The standard InChI is InChI=1S/C10H12BrNO3S2/c1-12(8-2-3-17(14,15)6-8)10(13)7-4-9(11)16-5-7/h4-5,8H,2-3,6H2,1H3. The zero-order valence-corrected chi connectivity index (χ0v) is 12.4. The van der Waals surface area contributed by atoms with Gasteiger partial charge in [0.05, 0.1) is 20.9 Å². The molecule has 7 heteroatoms. The van der Waals surface area contributed by atoms with Gasteiger partial charge in [-0.2, -0.15) is 0 Å². The van der Waals surface area contributed by atoms with Gasteiger partial charge in [0.25, 0.3) is 5.91 Å². The Bertz CT molecular complexity index is 538. The number of sulfone groups is 1. The third kappa shape index (κ3) is 2.89. The number of amides is 1. The molecule has 1 aliphatic heterocycles. The molecule has 0 spiro atoms. The maximum Gasteiger partial charge on any atom is 0.254 e. The van der Waals surface area contributed by atoms with Crippen LogP contribution in [0.3, 0.4) is 0 Å². The predicted molar refractivity (Wildman–Crippen MR) is 71.2 cm³/mol. The van der Waals surface area contributed by atoms with Gasteiger partial charge in [0.15, 0.2) is 9.84 Å². The Morgan fingerprint density at radius 3 is 2.76 bits per heavy atom. The van der Waals surface area contributed by atoms with Gasteiger partial charge in [-0.05, 0) is 28.4 Å². The van der Waals surface area contributed by atoms with Crippen molar-refractivity contribution >= 4 is 43.0 Å². The summed E-state index contributed by atoms with van der Waals surface area (Å²) in [5.74, 6) is 0.150. The second-order valence-corrected chi connectivity index (χ2v) is 8.63. The van der Waals surface area contributed by atoms with Gasteiger partial charge in [-0.15, -0.1) is 11.3 Å². The molecule has 1 aromatic heterocycles. The molecule has 17 heavy (non-hydrogen) atoms. The fourth-order valence-corrected chi connectivity index (χ4v) is 4.78. The van der Waals surface area contributed by atoms with Crippen LogP contribution in [0.25, 0.3) is 0 Å². The van der Waals surface area contributed by atoms with Crippen molar-refractivity contribution in [2.45, 2.75) is 12.5 Å². The number of nitrogens with zero attached hydrogens (tertiary/aromatic N) is 1. The molecule has 1 aliphatic rings. The van der Waals surface area contributed by atoms with Crippen molar-refractivity contribution in [2.75, 3.05) is 18.6 Å². The molecule has 1 fully saturated rings. The molecule has 94 valence electrons. The summed E-state index contributed by atoms with van der Waals surface area (Å²) in [7, 11) is -1.29. The average Bonchev–Trinajstić information content (AvgIpc) is 2.82. The quantitative estimate of drug-likeness (QED) is 0.826. The summed E-state index contributed by atoms with van der Waals surface area (Å²) in [6.07, 6.45) is 0.538. The number of thiophene rings is 1. The van der Waals surface area contributed by atoms with Crippen molar-refractivity contribution in [3.63, 3.8) is 0 Å². The van der Waals surface area contributed by atoms with Gasteiger partial charge in [-0.1, -0.05) is 0 Å². The van der Waals surface area contributed by atoms with E-state index in [1.54, 1.807) is 23.4 Å². The first-order chi connectivity index (χ1) is 7.89. The maximum absolute atomic E-state index is 12.1. The molecule has 1 saturated heterocycles. The molecule has 2 rings (SSSR count). The van der Waals surface area contributed by atoms with Gasteiger partial charge in [0.1, 0.15) is 0 Å². The molecule has 1 aromatic rings. The van der Waals surface area contributed by atoms with Gasteiger partial charge < -0.3 is 4.90 Å². The van der Waals surface area contributed by atoms with Crippen molar-refractivity contribution in [1.82, 2.24) is 4.90 Å². The largest absolute Gasteiger partial charge is 0.338 e. The molecule has 0 aromatic carbocycles. The van der Waals surface area contributed by atoms with E-state index < -0.39 is 9.84 Å². The molecular weight excluding hydrogens is 326 g/mol. The van der Waals surface area contributed by atoms with Crippen LogP contribution in [0.4, 0.5) is 0 Å². The van der Waals surface area contributed by atoms with Gasteiger partial charge in [-0.25, -0.2) is 8.42 Å². The molecule has 0 aliphatic carbocycles. The second kappa shape index (κ2) is 4.70. The van der Waals surface area contributed by atoms with Crippen LogP contribution in [0.2, 0.25) is 0 Å². The fraction of sp³-hybridized carbons (Fsp3) is 0.500. The lowest BCUT2D eigenvalue weighted by atomic mass is 10.2. The van der Waals surface area contributed by atoms with E-state index in [0.29, 0.717) is 12.0 Å². The van der Waals surface area contributed by atoms with Crippen LogP contribution < -0.4 is 0 Å². The third-order valence-corrected chi connectivity index (χ3v) is 6.15. The van der Waals surface area contributed by atoms with E-state index >= 15 is 0 Å². The minimum atomic E-state index is -2.95. The van der Waals surface area contributed by atoms with Crippen LogP contribution in [-0.4, -0.2) is 43.8 Å². The van der Waals surface area contributed by atoms with Crippen LogP contribution in [0.1, 0.15) is 16.8 Å². The van der Waals surface area contributed by atoms with Crippen LogP contribution in [0.15, 0.2) is 15.2 Å². The zero-order chi connectivity index (χ0) is 12.6. The minimum Gasteiger partial charge on any atom is -0.338 e. The Balaban J connectivity index is 2.11. The number of halogens is 1. The summed E-state index contributed by atoms with van der Waals surface area (Å²) in [4.78, 5) is 13.6. The topological polar surface area (TPSA) is 54.5 Å². The van der Waals surface area contributed by atoms with E-state index in [1.165, 1.54) is 11.3 Å². The molecule has 0 radical (unpaired) electrons. The molecular formula is C10H12BrNO3S2. The van der Waals surface area contributed by atoms with Gasteiger partial charge in [0, 0.05) is 18.5 Å². The Morgan fingerprint density at radius 1 is 1.59 bits per heavy atom. The molecule has 1 atom stereocenters. The summed E-state index contributed by atoms with van der Waals surface area (Å²) >= 11 is 4.75. The number of carbonyl (C=O) groups is 1. The Labute approximate surface area is 113 Å². The normalized spacial score (nSPS) is 22.6. The highest BCUT2D eigenvalue weighted by Gasteiger charge is 2.33. The number of hydrogen-bond acceptors (Lipinski definition) is 4. The number of rotatable bonds is 2. The molecule has 4 nitrogen and oxygen atoms in total. The molecule has 2 heterocycles. The lowest BCUT2D eigenvalue weighted by Gasteiger charge is -2.22. The highest BCUT2D eigenvalue weighted by molar-refractivity contribution is 9.11. The van der Waals surface area contributed by atoms with Crippen molar-refractivity contribution in [1.29, 1.82) is 0 Å². The van der Waals surface area contributed by atoms with E-state index in [2.05, 4.69) is 15.9 Å². The first-order valence-electron chi connectivity index (χ1n) is 5.11. The molecule has 0 saturated carbocycles. The summed E-state index contributed by atoms with van der Waals surface area (Å²) in [6.45, 7) is 0. The van der Waals surface area contributed by atoms with Gasteiger partial charge in [-0.3, -0.25) is 4.79 Å². The van der Waals surface area contributed by atoms with Crippen molar-refractivity contribution in [3.8, 4) is 0 Å². The Kier molecular flexibility index (Phi) is 3.61. The van der Waals surface area contributed by atoms with Crippen LogP contribution in [0.5, 0.6) is 0 Å². The van der Waals surface area contributed by atoms with Crippen LogP contribution >= 0.6 is 27.3 Å². The zero-order valence-electron chi connectivity index (χ0n) is 9.22. The Hall–Kier alpha value is -0.400. The smallest absolute Gasteiger partial charge is 0.254 e. The second-order valence-electron chi connectivity index (χ2n) is 4.11. The maximum atomic E-state index is 12.1. The first kappa shape index (κ1) is 13.0. The van der Waals surface area contributed by atoms with Crippen molar-refractivity contribution in [3.05, 3.63) is 20.8 Å². The summed E-state index contributed by atoms with van der Waals surface area (Å²) in [5, 5.41) is 1.77. The minimum absolute atomic E-state index is 0.0839. The molecule has 0 bridgehead atoms. The van der Waals surface area contributed by atoms with Crippen LogP contribution in [-0.2, 0) is 9.84 Å². The van der Waals surface area contributed by atoms with Gasteiger partial charge >= 0.3 is 0 Å². The molecule has 0 N–H and O–H groups in total. The van der Waals surface area contributed by atoms with Gasteiger partial charge in [0.2, 0.25) is 0 Å². The van der Waals surface area contributed by atoms with E-state index in [4.69, 9.17) is 0 Å². The van der Waals surface area contributed by atoms with Crippen molar-refractivity contribution < 1.29 is 13.2 Å².